The van der Waals surface area contributed by atoms with Gasteiger partial charge >= 0.3 is 0 Å². The maximum Gasteiger partial charge on any atom is 0.253 e. The topological polar surface area (TPSA) is 53.2 Å². The number of thioether (sulfide) groups is 1. The Kier molecular flexibility index (Phi) is 5.71. The van der Waals surface area contributed by atoms with E-state index in [1.54, 1.807) is 24.3 Å². The predicted molar refractivity (Wildman–Crippen MR) is 92.2 cm³/mol. The quantitative estimate of drug-likeness (QED) is 0.410. The Hall–Kier alpha value is -0.760. The maximum absolute atomic E-state index is 11.9. The number of alkyl halides is 1. The van der Waals surface area contributed by atoms with E-state index in [9.17, 15) is 4.79 Å². The van der Waals surface area contributed by atoms with Gasteiger partial charge < -0.3 is 5.32 Å². The molecule has 2 atom stereocenters. The van der Waals surface area contributed by atoms with Crippen LogP contribution in [0.25, 0.3) is 0 Å². The van der Waals surface area contributed by atoms with Gasteiger partial charge in [-0.25, -0.2) is 0 Å². The number of rotatable bonds is 2. The predicted octanol–water partition coefficient (Wildman–Crippen LogP) is 3.05. The van der Waals surface area contributed by atoms with Gasteiger partial charge in [0.15, 0.2) is 5.11 Å². The third-order valence-corrected chi connectivity index (χ3v) is 5.19. The van der Waals surface area contributed by atoms with Crippen molar-refractivity contribution in [2.24, 2.45) is 0 Å². The average Bonchev–Trinajstić information content (AvgIpc) is 2.85. The average molecular weight is 393 g/mol. The first-order valence-corrected chi connectivity index (χ1v) is 8.29. The molecular weight excluding hydrogens is 382 g/mol. The van der Waals surface area contributed by atoms with Crippen LogP contribution in [0, 0.1) is 0 Å². The molecule has 20 heavy (non-hydrogen) atoms. The minimum atomic E-state index is -0.194. The van der Waals surface area contributed by atoms with Crippen LogP contribution in [0.15, 0.2) is 35.7 Å². The molecule has 0 saturated heterocycles. The standard InChI is InChI=1S/C12H11BrClN3OS2/c13-9-5-6-20-10(9)11(18)16-17-12(19)15-8-3-1-7(14)2-4-8/h1-6,9-10H,(H,16,18)(H2,15,17,19). The molecule has 4 nitrogen and oxygen atoms in total. The molecule has 1 heterocycles. The number of thiocarbonyl (C=S) groups is 1. The number of hydrogen-bond acceptors (Lipinski definition) is 3. The smallest absolute Gasteiger partial charge is 0.253 e. The summed E-state index contributed by atoms with van der Waals surface area (Å²) in [5.74, 6) is -0.137. The van der Waals surface area contributed by atoms with Crippen molar-refractivity contribution in [3.8, 4) is 0 Å². The van der Waals surface area contributed by atoms with Gasteiger partial charge in [0.1, 0.15) is 5.25 Å². The second-order valence-electron chi connectivity index (χ2n) is 3.90. The number of carbonyl (C=O) groups excluding carboxylic acids is 1. The van der Waals surface area contributed by atoms with E-state index in [0.717, 1.165) is 5.69 Å². The highest BCUT2D eigenvalue weighted by atomic mass is 79.9. The molecule has 0 saturated carbocycles. The molecule has 1 aliphatic heterocycles. The number of benzene rings is 1. The molecule has 0 fully saturated rings. The number of carbonyl (C=O) groups is 1. The Labute approximate surface area is 139 Å². The van der Waals surface area contributed by atoms with Crippen LogP contribution in [0.4, 0.5) is 5.69 Å². The van der Waals surface area contributed by atoms with Crippen molar-refractivity contribution in [3.63, 3.8) is 0 Å². The molecule has 8 heteroatoms. The highest BCUT2D eigenvalue weighted by Crippen LogP contribution is 2.29. The lowest BCUT2D eigenvalue weighted by Gasteiger charge is -2.15. The number of hydrogen-bond donors (Lipinski definition) is 3. The summed E-state index contributed by atoms with van der Waals surface area (Å²) in [5.41, 5.74) is 6.03. The van der Waals surface area contributed by atoms with E-state index in [4.69, 9.17) is 23.8 Å². The van der Waals surface area contributed by atoms with E-state index in [2.05, 4.69) is 32.1 Å². The van der Waals surface area contributed by atoms with Gasteiger partial charge in [0.2, 0.25) is 0 Å². The van der Waals surface area contributed by atoms with E-state index < -0.39 is 0 Å². The molecule has 1 amide bonds. The fraction of sp³-hybridized carbons (Fsp3) is 0.167. The van der Waals surface area contributed by atoms with E-state index in [-0.39, 0.29) is 16.0 Å². The third-order valence-electron chi connectivity index (χ3n) is 2.44. The van der Waals surface area contributed by atoms with Gasteiger partial charge in [0, 0.05) is 10.7 Å². The van der Waals surface area contributed by atoms with Gasteiger partial charge in [0.05, 0.1) is 4.83 Å². The van der Waals surface area contributed by atoms with E-state index in [1.807, 2.05) is 11.5 Å². The largest absolute Gasteiger partial charge is 0.331 e. The fourth-order valence-electron chi connectivity index (χ4n) is 1.47. The highest BCUT2D eigenvalue weighted by Gasteiger charge is 2.28. The summed E-state index contributed by atoms with van der Waals surface area (Å²) in [4.78, 5) is 11.9. The van der Waals surface area contributed by atoms with Crippen molar-refractivity contribution in [2.45, 2.75) is 10.1 Å². The molecule has 0 radical (unpaired) electrons. The Morgan fingerprint density at radius 2 is 2.00 bits per heavy atom. The van der Waals surface area contributed by atoms with Crippen LogP contribution in [-0.2, 0) is 4.79 Å². The molecule has 3 N–H and O–H groups in total. The molecule has 0 spiro atoms. The first kappa shape index (κ1) is 15.6. The lowest BCUT2D eigenvalue weighted by molar-refractivity contribution is -0.120. The summed E-state index contributed by atoms with van der Waals surface area (Å²) in [7, 11) is 0. The molecule has 0 bridgehead atoms. The Morgan fingerprint density at radius 1 is 1.30 bits per heavy atom. The summed E-state index contributed by atoms with van der Waals surface area (Å²) in [6.45, 7) is 0. The van der Waals surface area contributed by atoms with Gasteiger partial charge in [-0.3, -0.25) is 15.6 Å². The maximum atomic E-state index is 11.9. The van der Waals surface area contributed by atoms with E-state index >= 15 is 0 Å². The molecule has 1 aliphatic rings. The molecule has 1 aromatic carbocycles. The molecule has 106 valence electrons. The summed E-state index contributed by atoms with van der Waals surface area (Å²) in [6.07, 6.45) is 1.93. The third kappa shape index (κ3) is 4.37. The van der Waals surface area contributed by atoms with Crippen LogP contribution in [0.3, 0.4) is 0 Å². The molecule has 1 aromatic rings. The van der Waals surface area contributed by atoms with Gasteiger partial charge in [-0.2, -0.15) is 0 Å². The second kappa shape index (κ2) is 7.31. The van der Waals surface area contributed by atoms with Crippen LogP contribution in [0.1, 0.15) is 0 Å². The number of halogens is 2. The van der Waals surface area contributed by atoms with Crippen LogP contribution in [-0.4, -0.2) is 21.1 Å². The summed E-state index contributed by atoms with van der Waals surface area (Å²) < 4.78 is 0. The number of anilines is 1. The summed E-state index contributed by atoms with van der Waals surface area (Å²) in [5, 5.41) is 5.60. The summed E-state index contributed by atoms with van der Waals surface area (Å²) in [6, 6.07) is 7.09. The van der Waals surface area contributed by atoms with E-state index in [0.29, 0.717) is 10.1 Å². The lowest BCUT2D eigenvalue weighted by atomic mass is 10.3. The zero-order chi connectivity index (χ0) is 14.5. The van der Waals surface area contributed by atoms with E-state index in [1.165, 1.54) is 11.8 Å². The molecule has 0 aromatic heterocycles. The lowest BCUT2D eigenvalue weighted by Crippen LogP contribution is -2.48. The Morgan fingerprint density at radius 3 is 2.60 bits per heavy atom. The van der Waals surface area contributed by atoms with Crippen molar-refractivity contribution in [2.75, 3.05) is 5.32 Å². The van der Waals surface area contributed by atoms with Crippen molar-refractivity contribution in [1.29, 1.82) is 0 Å². The highest BCUT2D eigenvalue weighted by molar-refractivity contribution is 9.09. The molecule has 0 aliphatic carbocycles. The van der Waals surface area contributed by atoms with Crippen molar-refractivity contribution in [1.82, 2.24) is 10.9 Å². The molecule has 2 unspecified atom stereocenters. The normalized spacial score (nSPS) is 20.5. The second-order valence-corrected chi connectivity index (χ2v) is 6.86. The number of nitrogens with one attached hydrogen (secondary N) is 3. The van der Waals surface area contributed by atoms with Crippen molar-refractivity contribution in [3.05, 3.63) is 40.8 Å². The van der Waals surface area contributed by atoms with Gasteiger partial charge in [-0.1, -0.05) is 33.6 Å². The van der Waals surface area contributed by atoms with Crippen LogP contribution in [0.2, 0.25) is 5.02 Å². The van der Waals surface area contributed by atoms with Gasteiger partial charge in [0.25, 0.3) is 5.91 Å². The van der Waals surface area contributed by atoms with Gasteiger partial charge in [-0.05, 0) is 41.9 Å². The van der Waals surface area contributed by atoms with Gasteiger partial charge in [-0.15, -0.1) is 11.8 Å². The van der Waals surface area contributed by atoms with Crippen LogP contribution >= 0.6 is 51.5 Å². The first-order valence-electron chi connectivity index (χ1n) is 5.65. The minimum Gasteiger partial charge on any atom is -0.331 e. The van der Waals surface area contributed by atoms with Crippen LogP contribution in [0.5, 0.6) is 0 Å². The molecular formula is C12H11BrClN3OS2. The fourth-order valence-corrected chi connectivity index (χ4v) is 3.59. The van der Waals surface area contributed by atoms with Crippen molar-refractivity contribution < 1.29 is 4.79 Å². The Bertz CT molecular complexity index is 538. The first-order chi connectivity index (χ1) is 9.56. The summed E-state index contributed by atoms with van der Waals surface area (Å²) >= 11 is 15.8. The zero-order valence-electron chi connectivity index (χ0n) is 10.1. The monoisotopic (exact) mass is 391 g/mol. The number of allylic oxidation sites excluding steroid dienone is 1. The number of hydrazine groups is 1. The van der Waals surface area contributed by atoms with Crippen LogP contribution < -0.4 is 16.2 Å². The molecule has 2 rings (SSSR count). The van der Waals surface area contributed by atoms with Crippen molar-refractivity contribution >= 4 is 68.2 Å². The number of amides is 1. The zero-order valence-corrected chi connectivity index (χ0v) is 14.1. The minimum absolute atomic E-state index is 0.0343. The SMILES string of the molecule is O=C(NNC(=S)Nc1ccc(Cl)cc1)C1SC=CC1Br. The Balaban J connectivity index is 1.77.